The SMILES string of the molecule is CC(Nc1nc(Nc2cnccn2)cc(N2CCCC(C(N)=O)C2)n1)c1ccc(F)cc1. The van der Waals surface area contributed by atoms with E-state index in [9.17, 15) is 9.18 Å². The van der Waals surface area contributed by atoms with Gasteiger partial charge < -0.3 is 21.3 Å². The second-order valence-corrected chi connectivity index (χ2v) is 7.76. The molecule has 0 aliphatic carbocycles. The lowest BCUT2D eigenvalue weighted by molar-refractivity contribution is -0.122. The largest absolute Gasteiger partial charge is 0.369 e. The first kappa shape index (κ1) is 21.4. The Balaban J connectivity index is 1.62. The van der Waals surface area contributed by atoms with E-state index in [4.69, 9.17) is 5.73 Å². The first-order valence-electron chi connectivity index (χ1n) is 10.5. The average Bonchev–Trinajstić information content (AvgIpc) is 2.80. The van der Waals surface area contributed by atoms with E-state index in [-0.39, 0.29) is 23.7 Å². The first-order chi connectivity index (χ1) is 15.5. The van der Waals surface area contributed by atoms with Gasteiger partial charge in [-0.1, -0.05) is 12.1 Å². The molecule has 0 saturated carbocycles. The average molecular weight is 436 g/mol. The Morgan fingerprint density at radius 1 is 1.22 bits per heavy atom. The molecule has 1 saturated heterocycles. The summed E-state index contributed by atoms with van der Waals surface area (Å²) in [5.74, 6) is 1.34. The molecule has 166 valence electrons. The normalized spacial score (nSPS) is 16.9. The molecule has 1 aromatic carbocycles. The number of piperidine rings is 1. The molecule has 0 bridgehead atoms. The molecule has 4 N–H and O–H groups in total. The number of amides is 1. The highest BCUT2D eigenvalue weighted by Gasteiger charge is 2.25. The van der Waals surface area contributed by atoms with Crippen LogP contribution in [0.15, 0.2) is 48.9 Å². The zero-order valence-electron chi connectivity index (χ0n) is 17.7. The van der Waals surface area contributed by atoms with Gasteiger partial charge >= 0.3 is 0 Å². The van der Waals surface area contributed by atoms with Gasteiger partial charge in [-0.2, -0.15) is 9.97 Å². The number of anilines is 4. The number of hydrogen-bond donors (Lipinski definition) is 3. The number of rotatable bonds is 7. The van der Waals surface area contributed by atoms with Crippen molar-refractivity contribution in [2.24, 2.45) is 11.7 Å². The number of carbonyl (C=O) groups excluding carboxylic acids is 1. The maximum Gasteiger partial charge on any atom is 0.227 e. The Hall–Kier alpha value is -3.82. The standard InChI is InChI=1S/C22H25FN8O/c1-14(15-4-6-17(23)7-5-15)27-22-29-18(28-19-12-25-8-9-26-19)11-20(30-22)31-10-2-3-16(13-31)21(24)32/h4-9,11-12,14,16H,2-3,10,13H2,1H3,(H2,24,32)(H2,26,27,28,29,30). The van der Waals surface area contributed by atoms with Gasteiger partial charge in [-0.25, -0.2) is 9.37 Å². The van der Waals surface area contributed by atoms with Crippen molar-refractivity contribution in [2.75, 3.05) is 28.6 Å². The minimum Gasteiger partial charge on any atom is -0.369 e. The van der Waals surface area contributed by atoms with E-state index in [2.05, 4.69) is 30.6 Å². The summed E-state index contributed by atoms with van der Waals surface area (Å²) >= 11 is 0. The van der Waals surface area contributed by atoms with Crippen molar-refractivity contribution in [3.63, 3.8) is 0 Å². The van der Waals surface area contributed by atoms with Crippen molar-refractivity contribution in [3.05, 3.63) is 60.3 Å². The van der Waals surface area contributed by atoms with Crippen LogP contribution in [0.25, 0.3) is 0 Å². The zero-order chi connectivity index (χ0) is 22.5. The molecule has 2 aromatic heterocycles. The van der Waals surface area contributed by atoms with Gasteiger partial charge in [0.1, 0.15) is 23.3 Å². The Labute approximate surface area is 185 Å². The molecule has 0 radical (unpaired) electrons. The van der Waals surface area contributed by atoms with E-state index in [1.807, 2.05) is 17.9 Å². The topological polar surface area (TPSA) is 122 Å². The van der Waals surface area contributed by atoms with Crippen molar-refractivity contribution in [1.29, 1.82) is 0 Å². The minimum absolute atomic E-state index is 0.157. The summed E-state index contributed by atoms with van der Waals surface area (Å²) in [6.45, 7) is 3.21. The van der Waals surface area contributed by atoms with Crippen LogP contribution in [0.1, 0.15) is 31.4 Å². The monoisotopic (exact) mass is 436 g/mol. The molecule has 3 heterocycles. The maximum atomic E-state index is 13.3. The lowest BCUT2D eigenvalue weighted by atomic mass is 9.97. The Kier molecular flexibility index (Phi) is 6.39. The van der Waals surface area contributed by atoms with E-state index in [1.165, 1.54) is 12.1 Å². The number of nitrogens with one attached hydrogen (secondary N) is 2. The van der Waals surface area contributed by atoms with E-state index < -0.39 is 0 Å². The summed E-state index contributed by atoms with van der Waals surface area (Å²) in [5, 5.41) is 6.42. The van der Waals surface area contributed by atoms with Crippen LogP contribution in [0.4, 0.5) is 27.8 Å². The number of aromatic nitrogens is 4. The maximum absolute atomic E-state index is 13.3. The molecule has 2 atom stereocenters. The molecule has 1 amide bonds. The van der Waals surface area contributed by atoms with Crippen LogP contribution < -0.4 is 21.3 Å². The predicted octanol–water partition coefficient (Wildman–Crippen LogP) is 3.02. The zero-order valence-corrected chi connectivity index (χ0v) is 17.7. The van der Waals surface area contributed by atoms with Crippen LogP contribution in [0.2, 0.25) is 0 Å². The van der Waals surface area contributed by atoms with Crippen LogP contribution in [0.5, 0.6) is 0 Å². The molecule has 1 aliphatic rings. The van der Waals surface area contributed by atoms with E-state index in [0.29, 0.717) is 29.9 Å². The van der Waals surface area contributed by atoms with Crippen LogP contribution in [-0.2, 0) is 4.79 Å². The Bertz CT molecular complexity index is 1060. The summed E-state index contributed by atoms with van der Waals surface area (Å²) in [6, 6.07) is 7.93. The number of carbonyl (C=O) groups is 1. The number of primary amides is 1. The summed E-state index contributed by atoms with van der Waals surface area (Å²) in [4.78, 5) is 31.3. The fourth-order valence-corrected chi connectivity index (χ4v) is 3.67. The van der Waals surface area contributed by atoms with E-state index in [0.717, 1.165) is 24.9 Å². The van der Waals surface area contributed by atoms with Gasteiger partial charge in [0.2, 0.25) is 11.9 Å². The second-order valence-electron chi connectivity index (χ2n) is 7.76. The van der Waals surface area contributed by atoms with Gasteiger partial charge in [0.25, 0.3) is 0 Å². The van der Waals surface area contributed by atoms with Crippen LogP contribution in [0, 0.1) is 11.7 Å². The summed E-state index contributed by atoms with van der Waals surface area (Å²) < 4.78 is 13.3. The van der Waals surface area contributed by atoms with Crippen molar-refractivity contribution in [1.82, 2.24) is 19.9 Å². The molecule has 32 heavy (non-hydrogen) atoms. The van der Waals surface area contributed by atoms with E-state index in [1.54, 1.807) is 30.7 Å². The fraction of sp³-hybridized carbons (Fsp3) is 0.318. The number of benzene rings is 1. The van der Waals surface area contributed by atoms with Crippen molar-refractivity contribution < 1.29 is 9.18 Å². The highest BCUT2D eigenvalue weighted by atomic mass is 19.1. The lowest BCUT2D eigenvalue weighted by Gasteiger charge is -2.32. The third-order valence-corrected chi connectivity index (χ3v) is 5.40. The van der Waals surface area contributed by atoms with Gasteiger partial charge in [0.15, 0.2) is 0 Å². The predicted molar refractivity (Wildman–Crippen MR) is 120 cm³/mol. The molecule has 2 unspecified atom stereocenters. The molecule has 0 spiro atoms. The minimum atomic E-state index is -0.301. The molecule has 4 rings (SSSR count). The first-order valence-corrected chi connectivity index (χ1v) is 10.5. The third kappa shape index (κ3) is 5.26. The molecule has 3 aromatic rings. The number of hydrogen-bond acceptors (Lipinski definition) is 8. The van der Waals surface area contributed by atoms with Crippen LogP contribution >= 0.6 is 0 Å². The van der Waals surface area contributed by atoms with Crippen LogP contribution in [0.3, 0.4) is 0 Å². The van der Waals surface area contributed by atoms with Crippen molar-refractivity contribution in [3.8, 4) is 0 Å². The number of nitrogens with zero attached hydrogens (tertiary/aromatic N) is 5. The molecule has 10 heteroatoms. The molecule has 1 fully saturated rings. The van der Waals surface area contributed by atoms with Gasteiger partial charge in [0.05, 0.1) is 18.2 Å². The number of nitrogens with two attached hydrogens (primary N) is 1. The molecule has 9 nitrogen and oxygen atoms in total. The lowest BCUT2D eigenvalue weighted by Crippen LogP contribution is -2.41. The van der Waals surface area contributed by atoms with E-state index >= 15 is 0 Å². The summed E-state index contributed by atoms with van der Waals surface area (Å²) in [7, 11) is 0. The Morgan fingerprint density at radius 3 is 2.75 bits per heavy atom. The highest BCUT2D eigenvalue weighted by molar-refractivity contribution is 5.77. The third-order valence-electron chi connectivity index (χ3n) is 5.40. The quantitative estimate of drug-likeness (QED) is 0.517. The van der Waals surface area contributed by atoms with Gasteiger partial charge in [-0.05, 0) is 37.5 Å². The molecular formula is C22H25FN8O. The Morgan fingerprint density at radius 2 is 2.03 bits per heavy atom. The van der Waals surface area contributed by atoms with Crippen molar-refractivity contribution in [2.45, 2.75) is 25.8 Å². The van der Waals surface area contributed by atoms with Gasteiger partial charge in [0, 0.05) is 31.5 Å². The summed E-state index contributed by atoms with van der Waals surface area (Å²) in [5.41, 5.74) is 6.44. The van der Waals surface area contributed by atoms with Gasteiger partial charge in [-0.3, -0.25) is 9.78 Å². The highest BCUT2D eigenvalue weighted by Crippen LogP contribution is 2.27. The smallest absolute Gasteiger partial charge is 0.227 e. The van der Waals surface area contributed by atoms with Gasteiger partial charge in [-0.15, -0.1) is 0 Å². The molecule has 1 aliphatic heterocycles. The van der Waals surface area contributed by atoms with Crippen LogP contribution in [-0.4, -0.2) is 38.9 Å². The second kappa shape index (κ2) is 9.54. The molecular weight excluding hydrogens is 411 g/mol. The fourth-order valence-electron chi connectivity index (χ4n) is 3.67. The summed E-state index contributed by atoms with van der Waals surface area (Å²) in [6.07, 6.45) is 6.39. The van der Waals surface area contributed by atoms with Crippen molar-refractivity contribution >= 4 is 29.3 Å². The number of halogens is 1.